The van der Waals surface area contributed by atoms with Crippen LogP contribution in [-0.4, -0.2) is 37.6 Å². The van der Waals surface area contributed by atoms with Crippen molar-refractivity contribution >= 4 is 15.7 Å². The third-order valence-corrected chi connectivity index (χ3v) is 5.26. The van der Waals surface area contributed by atoms with Crippen LogP contribution in [0.2, 0.25) is 0 Å². The van der Waals surface area contributed by atoms with E-state index in [2.05, 4.69) is 0 Å². The molecule has 1 aromatic rings. The Morgan fingerprint density at radius 3 is 2.61 bits per heavy atom. The van der Waals surface area contributed by atoms with Gasteiger partial charge in [-0.1, -0.05) is 18.2 Å². The molecule has 1 aliphatic heterocycles. The second kappa shape index (κ2) is 4.83. The molecule has 0 spiro atoms. The zero-order chi connectivity index (χ0) is 13.2. The molecule has 0 N–H and O–H groups in total. The number of carbonyl (C=O) groups is 1. The van der Waals surface area contributed by atoms with Crippen LogP contribution < -0.4 is 0 Å². The highest BCUT2D eigenvalue weighted by Gasteiger charge is 2.35. The lowest BCUT2D eigenvalue weighted by Gasteiger charge is -2.13. The number of rotatable bonds is 2. The molecule has 0 aliphatic carbocycles. The summed E-state index contributed by atoms with van der Waals surface area (Å²) in [7, 11) is -3.38. The van der Waals surface area contributed by atoms with E-state index < -0.39 is 21.0 Å². The van der Waals surface area contributed by atoms with Gasteiger partial charge in [0.25, 0.3) is 5.91 Å². The van der Waals surface area contributed by atoms with Crippen LogP contribution in [0, 0.1) is 12.3 Å². The van der Waals surface area contributed by atoms with Crippen molar-refractivity contribution in [2.75, 3.05) is 13.1 Å². The van der Waals surface area contributed by atoms with Gasteiger partial charge in [-0.05, 0) is 24.5 Å². The Morgan fingerprint density at radius 2 is 2.00 bits per heavy atom. The monoisotopic (exact) mass is 263 g/mol. The van der Waals surface area contributed by atoms with Gasteiger partial charge in [0.05, 0.1) is 10.1 Å². The number of sulfone groups is 1. The van der Waals surface area contributed by atoms with Gasteiger partial charge in [0.2, 0.25) is 0 Å². The minimum atomic E-state index is -3.38. The first kappa shape index (κ1) is 12.7. The van der Waals surface area contributed by atoms with E-state index in [1.54, 1.807) is 30.3 Å². The highest BCUT2D eigenvalue weighted by Crippen LogP contribution is 2.23. The van der Waals surface area contributed by atoms with Crippen LogP contribution in [0.5, 0.6) is 0 Å². The van der Waals surface area contributed by atoms with Crippen molar-refractivity contribution in [3.8, 4) is 12.3 Å². The second-order valence-electron chi connectivity index (χ2n) is 4.16. The summed E-state index contributed by atoms with van der Waals surface area (Å²) in [5.74, 6) is 1.57. The molecule has 18 heavy (non-hydrogen) atoms. The molecule has 1 saturated heterocycles. The Labute approximate surface area is 107 Å². The molecular weight excluding hydrogens is 250 g/mol. The third kappa shape index (κ3) is 2.24. The lowest BCUT2D eigenvalue weighted by Crippen LogP contribution is -2.30. The molecular formula is C13H13NO3S. The van der Waals surface area contributed by atoms with E-state index in [0.29, 0.717) is 17.9 Å². The van der Waals surface area contributed by atoms with E-state index in [4.69, 9.17) is 6.42 Å². The van der Waals surface area contributed by atoms with Crippen molar-refractivity contribution in [1.82, 2.24) is 4.90 Å². The van der Waals surface area contributed by atoms with Gasteiger partial charge in [-0.2, -0.15) is 0 Å². The van der Waals surface area contributed by atoms with Crippen LogP contribution in [0.1, 0.15) is 6.42 Å². The predicted octanol–water partition coefficient (Wildman–Crippen LogP) is 0.694. The molecule has 5 heteroatoms. The Morgan fingerprint density at radius 1 is 1.33 bits per heavy atom. The molecule has 1 amide bonds. The average Bonchev–Trinajstić information content (AvgIpc) is 2.89. The molecule has 1 aromatic carbocycles. The van der Waals surface area contributed by atoms with Crippen LogP contribution in [0.4, 0.5) is 0 Å². The van der Waals surface area contributed by atoms with E-state index in [1.165, 1.54) is 4.90 Å². The summed E-state index contributed by atoms with van der Waals surface area (Å²) in [5, 5.41) is -0.558. The number of terminal acetylenes is 1. The van der Waals surface area contributed by atoms with Crippen molar-refractivity contribution in [3.63, 3.8) is 0 Å². The van der Waals surface area contributed by atoms with Crippen molar-refractivity contribution in [2.24, 2.45) is 0 Å². The first-order chi connectivity index (χ1) is 8.55. The molecule has 1 fully saturated rings. The Bertz CT molecular complexity index is 586. The topological polar surface area (TPSA) is 54.5 Å². The fourth-order valence-electron chi connectivity index (χ4n) is 2.06. The number of hydrogen-bond donors (Lipinski definition) is 0. The number of carbonyl (C=O) groups excluding carboxylic acids is 1. The number of likely N-dealkylation sites (tertiary alicyclic amines) is 1. The molecule has 0 aromatic heterocycles. The molecule has 1 unspecified atom stereocenters. The van der Waals surface area contributed by atoms with Crippen LogP contribution in [0.3, 0.4) is 0 Å². The van der Waals surface area contributed by atoms with Crippen LogP contribution in [0.25, 0.3) is 0 Å². The molecule has 1 aliphatic rings. The van der Waals surface area contributed by atoms with Crippen molar-refractivity contribution in [1.29, 1.82) is 0 Å². The van der Waals surface area contributed by atoms with Crippen molar-refractivity contribution in [2.45, 2.75) is 16.6 Å². The molecule has 1 atom stereocenters. The van der Waals surface area contributed by atoms with Gasteiger partial charge in [-0.25, -0.2) is 8.42 Å². The Kier molecular flexibility index (Phi) is 3.39. The van der Waals surface area contributed by atoms with E-state index in [9.17, 15) is 13.2 Å². The van der Waals surface area contributed by atoms with E-state index in [1.807, 2.05) is 5.92 Å². The maximum absolute atomic E-state index is 12.3. The second-order valence-corrected chi connectivity index (χ2v) is 6.39. The molecule has 94 valence electrons. The summed E-state index contributed by atoms with van der Waals surface area (Å²) in [5.41, 5.74) is 0. The number of amides is 1. The van der Waals surface area contributed by atoms with Gasteiger partial charge in [-0.15, -0.1) is 6.42 Å². The molecule has 0 radical (unpaired) electrons. The van der Waals surface area contributed by atoms with E-state index in [0.717, 1.165) is 0 Å². The molecule has 2 rings (SSSR count). The SMILES string of the molecule is C#CC(=O)N1CCC(S(=O)(=O)c2ccccc2)C1. The predicted molar refractivity (Wildman–Crippen MR) is 67.4 cm³/mol. The minimum Gasteiger partial charge on any atom is -0.331 e. The van der Waals surface area contributed by atoms with E-state index in [-0.39, 0.29) is 6.54 Å². The maximum atomic E-state index is 12.3. The summed E-state index contributed by atoms with van der Waals surface area (Å²) in [6, 6.07) is 8.28. The largest absolute Gasteiger partial charge is 0.331 e. The molecule has 1 heterocycles. The van der Waals surface area contributed by atoms with Gasteiger partial charge in [0, 0.05) is 13.1 Å². The standard InChI is InChI=1S/C13H13NO3S/c1-2-13(15)14-9-8-12(10-14)18(16,17)11-6-4-3-5-7-11/h1,3-7,12H,8-10H2. The zero-order valence-electron chi connectivity index (χ0n) is 9.74. The fraction of sp³-hybridized carbons (Fsp3) is 0.308. The van der Waals surface area contributed by atoms with Crippen LogP contribution in [0.15, 0.2) is 35.2 Å². The molecule has 0 saturated carbocycles. The summed E-state index contributed by atoms with van der Waals surface area (Å²) in [6.07, 6.45) is 5.46. The van der Waals surface area contributed by atoms with Gasteiger partial charge in [0.15, 0.2) is 9.84 Å². The smallest absolute Gasteiger partial charge is 0.298 e. The first-order valence-electron chi connectivity index (χ1n) is 5.60. The highest BCUT2D eigenvalue weighted by molar-refractivity contribution is 7.92. The van der Waals surface area contributed by atoms with E-state index >= 15 is 0 Å². The molecule has 4 nitrogen and oxygen atoms in total. The number of hydrogen-bond acceptors (Lipinski definition) is 3. The Hall–Kier alpha value is -1.80. The van der Waals surface area contributed by atoms with Gasteiger partial charge in [-0.3, -0.25) is 4.79 Å². The lowest BCUT2D eigenvalue weighted by molar-refractivity contribution is -0.124. The van der Waals surface area contributed by atoms with Gasteiger partial charge >= 0.3 is 0 Å². The average molecular weight is 263 g/mol. The summed E-state index contributed by atoms with van der Waals surface area (Å²) < 4.78 is 24.6. The Balaban J connectivity index is 2.20. The van der Waals surface area contributed by atoms with Gasteiger partial charge in [0.1, 0.15) is 0 Å². The third-order valence-electron chi connectivity index (χ3n) is 3.07. The fourth-order valence-corrected chi connectivity index (χ4v) is 3.77. The first-order valence-corrected chi connectivity index (χ1v) is 7.15. The summed E-state index contributed by atoms with van der Waals surface area (Å²) in [4.78, 5) is 13.0. The quantitative estimate of drug-likeness (QED) is 0.738. The summed E-state index contributed by atoms with van der Waals surface area (Å²) in [6.45, 7) is 0.583. The van der Waals surface area contributed by atoms with Gasteiger partial charge < -0.3 is 4.90 Å². The number of benzene rings is 1. The lowest BCUT2D eigenvalue weighted by atomic mass is 10.4. The summed E-state index contributed by atoms with van der Waals surface area (Å²) >= 11 is 0. The van der Waals surface area contributed by atoms with Crippen LogP contribution in [-0.2, 0) is 14.6 Å². The highest BCUT2D eigenvalue weighted by atomic mass is 32.2. The number of nitrogens with zero attached hydrogens (tertiary/aromatic N) is 1. The molecule has 0 bridgehead atoms. The van der Waals surface area contributed by atoms with Crippen LogP contribution >= 0.6 is 0 Å². The normalized spacial score (nSPS) is 19.5. The zero-order valence-corrected chi connectivity index (χ0v) is 10.6. The van der Waals surface area contributed by atoms with Crippen molar-refractivity contribution < 1.29 is 13.2 Å². The maximum Gasteiger partial charge on any atom is 0.298 e. The van der Waals surface area contributed by atoms with Crippen molar-refractivity contribution in [3.05, 3.63) is 30.3 Å². The minimum absolute atomic E-state index is 0.181.